The van der Waals surface area contributed by atoms with E-state index in [9.17, 15) is 18.0 Å². The molecule has 1 aromatic rings. The van der Waals surface area contributed by atoms with Crippen LogP contribution in [0.25, 0.3) is 0 Å². The van der Waals surface area contributed by atoms with Crippen LogP contribution < -0.4 is 10.0 Å². The summed E-state index contributed by atoms with van der Waals surface area (Å²) in [6.45, 7) is 1.74. The zero-order chi connectivity index (χ0) is 15.8. The Morgan fingerprint density at radius 3 is 2.62 bits per heavy atom. The number of nitrogens with two attached hydrogens (primary N) is 1. The molecule has 0 aliphatic carbocycles. The Hall–Kier alpha value is -2.09. The van der Waals surface area contributed by atoms with E-state index in [2.05, 4.69) is 0 Å². The summed E-state index contributed by atoms with van der Waals surface area (Å²) in [5.74, 6) is -1.39. The molecule has 0 saturated carbocycles. The number of benzene rings is 1. The van der Waals surface area contributed by atoms with E-state index in [1.54, 1.807) is 12.1 Å². The summed E-state index contributed by atoms with van der Waals surface area (Å²) >= 11 is 0. The molecule has 0 spiro atoms. The third-order valence-electron chi connectivity index (χ3n) is 3.25. The van der Waals surface area contributed by atoms with Gasteiger partial charge >= 0.3 is 5.97 Å². The molecule has 1 aliphatic heterocycles. The monoisotopic (exact) mass is 312 g/mol. The summed E-state index contributed by atoms with van der Waals surface area (Å²) in [5.41, 5.74) is 6.61. The molecule has 0 fully saturated rings. The van der Waals surface area contributed by atoms with Gasteiger partial charge in [-0.3, -0.25) is 9.10 Å². The molecule has 2 rings (SSSR count). The van der Waals surface area contributed by atoms with E-state index < -0.39 is 28.0 Å². The predicted octanol–water partition coefficient (Wildman–Crippen LogP) is 0.0393. The number of fused-ring (bicyclic) bond motifs is 1. The Labute approximate surface area is 122 Å². The van der Waals surface area contributed by atoms with Gasteiger partial charge in [0.2, 0.25) is 10.0 Å². The normalized spacial score (nSPS) is 15.4. The number of sulfonamides is 1. The second kappa shape index (κ2) is 5.36. The lowest BCUT2D eigenvalue weighted by Crippen LogP contribution is -2.30. The first-order valence-electron chi connectivity index (χ1n) is 6.31. The van der Waals surface area contributed by atoms with E-state index >= 15 is 0 Å². The fourth-order valence-electron chi connectivity index (χ4n) is 2.13. The number of hydrogen-bond acceptors (Lipinski definition) is 5. The topological polar surface area (TPSA) is 107 Å². The minimum absolute atomic E-state index is 0.261. The van der Waals surface area contributed by atoms with Crippen LogP contribution in [0, 0.1) is 0 Å². The van der Waals surface area contributed by atoms with E-state index in [0.29, 0.717) is 18.7 Å². The fourth-order valence-corrected chi connectivity index (χ4v) is 3.09. The van der Waals surface area contributed by atoms with Gasteiger partial charge in [0.1, 0.15) is 0 Å². The third kappa shape index (κ3) is 3.15. The first kappa shape index (κ1) is 15.3. The Kier molecular flexibility index (Phi) is 3.91. The van der Waals surface area contributed by atoms with Crippen molar-refractivity contribution < 1.29 is 22.7 Å². The van der Waals surface area contributed by atoms with E-state index in [4.69, 9.17) is 10.5 Å². The van der Waals surface area contributed by atoms with Gasteiger partial charge in [-0.2, -0.15) is 0 Å². The Morgan fingerprint density at radius 1 is 1.38 bits per heavy atom. The number of nitrogens with zero attached hydrogens (tertiary/aromatic N) is 1. The SMILES string of the molecule is C[C@@H](OC(=O)c1ccc2c(c1)CCN2S(C)(=O)=O)C(N)=O. The highest BCUT2D eigenvalue weighted by Gasteiger charge is 2.27. The maximum Gasteiger partial charge on any atom is 0.338 e. The van der Waals surface area contributed by atoms with Gasteiger partial charge in [-0.15, -0.1) is 0 Å². The van der Waals surface area contributed by atoms with Crippen LogP contribution in [-0.4, -0.2) is 39.2 Å². The highest BCUT2D eigenvalue weighted by atomic mass is 32.2. The summed E-state index contributed by atoms with van der Waals surface area (Å²) < 4.78 is 29.4. The molecule has 1 aromatic carbocycles. The first-order chi connectivity index (χ1) is 9.70. The second-order valence-electron chi connectivity index (χ2n) is 4.88. The Morgan fingerprint density at radius 2 is 2.05 bits per heavy atom. The van der Waals surface area contributed by atoms with Crippen molar-refractivity contribution in [2.75, 3.05) is 17.1 Å². The molecule has 2 N–H and O–H groups in total. The first-order valence-corrected chi connectivity index (χ1v) is 8.16. The van der Waals surface area contributed by atoms with Crippen LogP contribution in [-0.2, 0) is 26.0 Å². The standard InChI is InChI=1S/C13H16N2O5S/c1-8(12(14)16)20-13(17)10-3-4-11-9(7-10)5-6-15(11)21(2,18)19/h3-4,7-8H,5-6H2,1-2H3,(H2,14,16)/t8-/m1/s1. The Balaban J connectivity index is 2.24. The van der Waals surface area contributed by atoms with Crippen molar-refractivity contribution in [1.82, 2.24) is 0 Å². The maximum absolute atomic E-state index is 11.9. The van der Waals surface area contributed by atoms with Crippen molar-refractivity contribution in [1.29, 1.82) is 0 Å². The summed E-state index contributed by atoms with van der Waals surface area (Å²) in [4.78, 5) is 22.8. The zero-order valence-corrected chi connectivity index (χ0v) is 12.5. The van der Waals surface area contributed by atoms with Crippen LogP contribution in [0.5, 0.6) is 0 Å². The molecule has 1 atom stereocenters. The van der Waals surface area contributed by atoms with Crippen molar-refractivity contribution in [3.05, 3.63) is 29.3 Å². The summed E-state index contributed by atoms with van der Waals surface area (Å²) in [5, 5.41) is 0. The number of carbonyl (C=O) groups excluding carboxylic acids is 2. The highest BCUT2D eigenvalue weighted by molar-refractivity contribution is 7.92. The Bertz CT molecular complexity index is 699. The highest BCUT2D eigenvalue weighted by Crippen LogP contribution is 2.30. The van der Waals surface area contributed by atoms with E-state index in [-0.39, 0.29) is 5.56 Å². The summed E-state index contributed by atoms with van der Waals surface area (Å²) in [7, 11) is -3.32. The molecule has 114 valence electrons. The second-order valence-corrected chi connectivity index (χ2v) is 6.79. The van der Waals surface area contributed by atoms with E-state index in [1.165, 1.54) is 17.3 Å². The van der Waals surface area contributed by atoms with Crippen molar-refractivity contribution in [3.63, 3.8) is 0 Å². The van der Waals surface area contributed by atoms with Gasteiger partial charge in [0.25, 0.3) is 5.91 Å². The third-order valence-corrected chi connectivity index (χ3v) is 4.43. The van der Waals surface area contributed by atoms with Crippen LogP contribution >= 0.6 is 0 Å². The lowest BCUT2D eigenvalue weighted by atomic mass is 10.1. The fraction of sp³-hybridized carbons (Fsp3) is 0.385. The molecule has 1 amide bonds. The number of ether oxygens (including phenoxy) is 1. The van der Waals surface area contributed by atoms with Gasteiger partial charge in [0.05, 0.1) is 17.5 Å². The number of amides is 1. The molecule has 21 heavy (non-hydrogen) atoms. The summed E-state index contributed by atoms with van der Waals surface area (Å²) in [6, 6.07) is 4.61. The molecular weight excluding hydrogens is 296 g/mol. The largest absolute Gasteiger partial charge is 0.449 e. The van der Waals surface area contributed by atoms with Crippen LogP contribution in [0.1, 0.15) is 22.8 Å². The van der Waals surface area contributed by atoms with E-state index in [0.717, 1.165) is 11.8 Å². The average Bonchev–Trinajstić information content (AvgIpc) is 2.80. The van der Waals surface area contributed by atoms with Gasteiger partial charge in [-0.1, -0.05) is 0 Å². The van der Waals surface area contributed by atoms with Gasteiger partial charge in [0.15, 0.2) is 6.10 Å². The number of carbonyl (C=O) groups is 2. The minimum atomic E-state index is -3.32. The molecule has 1 aliphatic rings. The quantitative estimate of drug-likeness (QED) is 0.790. The van der Waals surface area contributed by atoms with Crippen LogP contribution in [0.15, 0.2) is 18.2 Å². The van der Waals surface area contributed by atoms with Crippen molar-refractivity contribution in [2.45, 2.75) is 19.4 Å². The average molecular weight is 312 g/mol. The van der Waals surface area contributed by atoms with Gasteiger partial charge in [-0.25, -0.2) is 13.2 Å². The zero-order valence-electron chi connectivity index (χ0n) is 11.7. The van der Waals surface area contributed by atoms with Crippen LogP contribution in [0.2, 0.25) is 0 Å². The molecule has 0 aromatic heterocycles. The van der Waals surface area contributed by atoms with Gasteiger partial charge in [0, 0.05) is 6.54 Å². The number of anilines is 1. The van der Waals surface area contributed by atoms with Gasteiger partial charge in [-0.05, 0) is 37.1 Å². The van der Waals surface area contributed by atoms with Crippen molar-refractivity contribution >= 4 is 27.6 Å². The lowest BCUT2D eigenvalue weighted by Gasteiger charge is -2.16. The smallest absolute Gasteiger partial charge is 0.338 e. The molecule has 0 radical (unpaired) electrons. The van der Waals surface area contributed by atoms with Crippen LogP contribution in [0.3, 0.4) is 0 Å². The molecule has 0 unspecified atom stereocenters. The predicted molar refractivity (Wildman–Crippen MR) is 76.4 cm³/mol. The number of hydrogen-bond donors (Lipinski definition) is 1. The molecule has 0 saturated heterocycles. The van der Waals surface area contributed by atoms with Crippen molar-refractivity contribution in [3.8, 4) is 0 Å². The number of rotatable bonds is 4. The summed E-state index contributed by atoms with van der Waals surface area (Å²) in [6.07, 6.45) is 0.645. The molecule has 1 heterocycles. The number of esters is 1. The minimum Gasteiger partial charge on any atom is -0.449 e. The molecular formula is C13H16N2O5S. The maximum atomic E-state index is 11.9. The van der Waals surface area contributed by atoms with E-state index in [1.807, 2.05) is 0 Å². The van der Waals surface area contributed by atoms with Crippen molar-refractivity contribution in [2.24, 2.45) is 5.73 Å². The number of primary amides is 1. The molecule has 7 nitrogen and oxygen atoms in total. The molecule has 0 bridgehead atoms. The molecule has 8 heteroatoms. The lowest BCUT2D eigenvalue weighted by molar-refractivity contribution is -0.125. The van der Waals surface area contributed by atoms with Gasteiger partial charge < -0.3 is 10.5 Å². The van der Waals surface area contributed by atoms with Crippen LogP contribution in [0.4, 0.5) is 5.69 Å².